The summed E-state index contributed by atoms with van der Waals surface area (Å²) in [5, 5.41) is 11.1. The number of furan rings is 1. The molecule has 0 saturated carbocycles. The molecule has 3 heterocycles. The second-order valence-corrected chi connectivity index (χ2v) is 5.31. The Hall–Kier alpha value is -2.57. The second-order valence-electron chi connectivity index (χ2n) is 5.31. The predicted octanol–water partition coefficient (Wildman–Crippen LogP) is 1.75. The lowest BCUT2D eigenvalue weighted by Gasteiger charge is -2.24. The van der Waals surface area contributed by atoms with Crippen LogP contribution in [0.4, 0.5) is 5.82 Å². The van der Waals surface area contributed by atoms with Crippen LogP contribution in [0.15, 0.2) is 34.9 Å². The molecule has 1 aliphatic heterocycles. The summed E-state index contributed by atoms with van der Waals surface area (Å²) in [6.45, 7) is 3.64. The Balaban J connectivity index is 1.63. The van der Waals surface area contributed by atoms with Gasteiger partial charge in [0.1, 0.15) is 11.8 Å². The molecule has 7 heteroatoms. The Morgan fingerprint density at radius 2 is 2.35 bits per heavy atom. The first-order valence-electron chi connectivity index (χ1n) is 7.81. The van der Waals surface area contributed by atoms with E-state index in [-0.39, 0.29) is 11.9 Å². The first-order chi connectivity index (χ1) is 11.3. The minimum atomic E-state index is -0.225. The third-order valence-electron chi connectivity index (χ3n) is 3.78. The van der Waals surface area contributed by atoms with Crippen molar-refractivity contribution in [2.24, 2.45) is 0 Å². The van der Waals surface area contributed by atoms with Gasteiger partial charge in [-0.15, -0.1) is 10.2 Å². The van der Waals surface area contributed by atoms with Gasteiger partial charge >= 0.3 is 0 Å². The summed E-state index contributed by atoms with van der Waals surface area (Å²) in [7, 11) is 0. The number of anilines is 1. The molecule has 0 radical (unpaired) electrons. The molecule has 0 bridgehead atoms. The minimum Gasteiger partial charge on any atom is -0.477 e. The monoisotopic (exact) mass is 316 g/mol. The molecular formula is C16H20N4O3. The number of amides is 1. The number of aromatic nitrogens is 2. The zero-order chi connectivity index (χ0) is 16.1. The Morgan fingerprint density at radius 3 is 3.04 bits per heavy atom. The maximum absolute atomic E-state index is 12.4. The zero-order valence-electron chi connectivity index (χ0n) is 13.1. The van der Waals surface area contributed by atoms with Crippen LogP contribution in [0.5, 0.6) is 5.88 Å². The number of hydrogen-bond donors (Lipinski definition) is 1. The quantitative estimate of drug-likeness (QED) is 0.874. The molecule has 0 aliphatic carbocycles. The number of rotatable bonds is 6. The summed E-state index contributed by atoms with van der Waals surface area (Å²) in [6, 6.07) is 7.04. The smallest absolute Gasteiger partial charge is 0.243 e. The highest BCUT2D eigenvalue weighted by molar-refractivity contribution is 5.85. The van der Waals surface area contributed by atoms with Crippen LogP contribution in [0.2, 0.25) is 0 Å². The lowest BCUT2D eigenvalue weighted by Crippen LogP contribution is -2.43. The summed E-state index contributed by atoms with van der Waals surface area (Å²) < 4.78 is 10.5. The van der Waals surface area contributed by atoms with Crippen LogP contribution in [-0.2, 0) is 11.3 Å². The van der Waals surface area contributed by atoms with Crippen molar-refractivity contribution in [3.05, 3.63) is 36.3 Å². The molecule has 1 atom stereocenters. The zero-order valence-corrected chi connectivity index (χ0v) is 13.1. The van der Waals surface area contributed by atoms with Crippen molar-refractivity contribution in [1.82, 2.24) is 15.5 Å². The number of carbonyl (C=O) groups excluding carboxylic acids is 1. The Kier molecular flexibility index (Phi) is 4.75. The fourth-order valence-electron chi connectivity index (χ4n) is 2.71. The topological polar surface area (TPSA) is 80.5 Å². The van der Waals surface area contributed by atoms with Crippen molar-refractivity contribution >= 4 is 11.7 Å². The lowest BCUT2D eigenvalue weighted by atomic mass is 10.2. The van der Waals surface area contributed by atoms with E-state index in [1.54, 1.807) is 18.4 Å². The van der Waals surface area contributed by atoms with E-state index in [1.807, 2.05) is 24.0 Å². The standard InChI is InChI=1S/C16H20N4O3/c1-2-22-15-8-7-14(18-19-15)20-9-3-6-13(20)16(21)17-11-12-5-4-10-23-12/h4-5,7-8,10,13H,2-3,6,9,11H2,1H3,(H,17,21)/t13-/m0/s1. The van der Waals surface area contributed by atoms with Gasteiger partial charge in [-0.3, -0.25) is 4.79 Å². The average Bonchev–Trinajstić information content (AvgIpc) is 3.25. The van der Waals surface area contributed by atoms with Crippen molar-refractivity contribution in [2.45, 2.75) is 32.4 Å². The van der Waals surface area contributed by atoms with Crippen molar-refractivity contribution < 1.29 is 13.9 Å². The van der Waals surface area contributed by atoms with Gasteiger partial charge in [-0.25, -0.2) is 0 Å². The maximum Gasteiger partial charge on any atom is 0.243 e. The molecule has 7 nitrogen and oxygen atoms in total. The van der Waals surface area contributed by atoms with Gasteiger partial charge in [-0.05, 0) is 38.0 Å². The Bertz CT molecular complexity index is 627. The van der Waals surface area contributed by atoms with Gasteiger partial charge in [0.15, 0.2) is 5.82 Å². The summed E-state index contributed by atoms with van der Waals surface area (Å²) in [4.78, 5) is 14.4. The van der Waals surface area contributed by atoms with E-state index in [0.29, 0.717) is 24.8 Å². The van der Waals surface area contributed by atoms with E-state index in [1.165, 1.54) is 0 Å². The fraction of sp³-hybridized carbons (Fsp3) is 0.438. The molecule has 1 fully saturated rings. The first-order valence-corrected chi connectivity index (χ1v) is 7.81. The maximum atomic E-state index is 12.4. The largest absolute Gasteiger partial charge is 0.477 e. The van der Waals surface area contributed by atoms with Crippen LogP contribution < -0.4 is 15.0 Å². The van der Waals surface area contributed by atoms with Crippen LogP contribution >= 0.6 is 0 Å². The molecule has 122 valence electrons. The van der Waals surface area contributed by atoms with Crippen molar-refractivity contribution in [2.75, 3.05) is 18.1 Å². The van der Waals surface area contributed by atoms with E-state index in [2.05, 4.69) is 15.5 Å². The fourth-order valence-corrected chi connectivity index (χ4v) is 2.71. The van der Waals surface area contributed by atoms with Crippen LogP contribution in [0, 0.1) is 0 Å². The summed E-state index contributed by atoms with van der Waals surface area (Å²) in [6.07, 6.45) is 3.35. The third kappa shape index (κ3) is 3.61. The Labute approximate surface area is 134 Å². The first kappa shape index (κ1) is 15.3. The third-order valence-corrected chi connectivity index (χ3v) is 3.78. The molecule has 0 spiro atoms. The van der Waals surface area contributed by atoms with Crippen molar-refractivity contribution in [1.29, 1.82) is 0 Å². The molecule has 1 amide bonds. The van der Waals surface area contributed by atoms with E-state index in [9.17, 15) is 4.79 Å². The molecule has 23 heavy (non-hydrogen) atoms. The predicted molar refractivity (Wildman–Crippen MR) is 84.1 cm³/mol. The normalized spacial score (nSPS) is 17.3. The van der Waals surface area contributed by atoms with Crippen LogP contribution in [0.3, 0.4) is 0 Å². The van der Waals surface area contributed by atoms with Gasteiger partial charge in [-0.1, -0.05) is 0 Å². The van der Waals surface area contributed by atoms with E-state index < -0.39 is 0 Å². The number of ether oxygens (including phenoxy) is 1. The van der Waals surface area contributed by atoms with Gasteiger partial charge < -0.3 is 19.4 Å². The molecule has 0 unspecified atom stereocenters. The highest BCUT2D eigenvalue weighted by Crippen LogP contribution is 2.24. The van der Waals surface area contributed by atoms with E-state index >= 15 is 0 Å². The van der Waals surface area contributed by atoms with Gasteiger partial charge in [0, 0.05) is 12.6 Å². The highest BCUT2D eigenvalue weighted by Gasteiger charge is 2.31. The molecule has 2 aromatic heterocycles. The average molecular weight is 316 g/mol. The molecular weight excluding hydrogens is 296 g/mol. The molecule has 1 aliphatic rings. The summed E-state index contributed by atoms with van der Waals surface area (Å²) in [5.74, 6) is 1.91. The Morgan fingerprint density at radius 1 is 1.43 bits per heavy atom. The van der Waals surface area contributed by atoms with Gasteiger partial charge in [0.05, 0.1) is 19.4 Å². The highest BCUT2D eigenvalue weighted by atomic mass is 16.5. The number of nitrogens with zero attached hydrogens (tertiary/aromatic N) is 3. The van der Waals surface area contributed by atoms with Gasteiger partial charge in [0.25, 0.3) is 0 Å². The summed E-state index contributed by atoms with van der Waals surface area (Å²) >= 11 is 0. The number of nitrogens with one attached hydrogen (secondary N) is 1. The minimum absolute atomic E-state index is 0.0189. The van der Waals surface area contributed by atoms with Crippen molar-refractivity contribution in [3.63, 3.8) is 0 Å². The molecule has 2 aromatic rings. The van der Waals surface area contributed by atoms with Crippen molar-refractivity contribution in [3.8, 4) is 5.88 Å². The van der Waals surface area contributed by atoms with Gasteiger partial charge in [-0.2, -0.15) is 0 Å². The van der Waals surface area contributed by atoms with Crippen LogP contribution in [-0.4, -0.2) is 35.3 Å². The number of hydrogen-bond acceptors (Lipinski definition) is 6. The van der Waals surface area contributed by atoms with E-state index in [0.717, 1.165) is 25.1 Å². The van der Waals surface area contributed by atoms with Crippen LogP contribution in [0.25, 0.3) is 0 Å². The number of carbonyl (C=O) groups is 1. The lowest BCUT2D eigenvalue weighted by molar-refractivity contribution is -0.122. The van der Waals surface area contributed by atoms with Crippen LogP contribution in [0.1, 0.15) is 25.5 Å². The molecule has 0 aromatic carbocycles. The second kappa shape index (κ2) is 7.13. The molecule has 3 rings (SSSR count). The molecule has 1 N–H and O–H groups in total. The van der Waals surface area contributed by atoms with Gasteiger partial charge in [0.2, 0.25) is 11.8 Å². The van der Waals surface area contributed by atoms with E-state index in [4.69, 9.17) is 9.15 Å². The molecule has 1 saturated heterocycles. The SMILES string of the molecule is CCOc1ccc(N2CCC[C@H]2C(=O)NCc2ccco2)nn1. The summed E-state index contributed by atoms with van der Waals surface area (Å²) in [5.41, 5.74) is 0.